The van der Waals surface area contributed by atoms with Crippen molar-refractivity contribution in [2.45, 2.75) is 57.2 Å². The summed E-state index contributed by atoms with van der Waals surface area (Å²) in [6, 6.07) is 7.92. The summed E-state index contributed by atoms with van der Waals surface area (Å²) in [4.78, 5) is 56.0. The lowest BCUT2D eigenvalue weighted by Crippen LogP contribution is -2.52. The van der Waals surface area contributed by atoms with Crippen molar-refractivity contribution >= 4 is 35.2 Å². The Hall–Kier alpha value is -3.26. The van der Waals surface area contributed by atoms with E-state index in [9.17, 15) is 19.2 Å². The van der Waals surface area contributed by atoms with E-state index in [1.54, 1.807) is 30.5 Å². The third kappa shape index (κ3) is 3.86. The second kappa shape index (κ2) is 8.51. The number of carbonyl (C=O) groups excluding carboxylic acids is 4. The van der Waals surface area contributed by atoms with Gasteiger partial charge in [0.15, 0.2) is 0 Å². The minimum Gasteiger partial charge on any atom is -0.341 e. The number of halogens is 1. The maximum atomic E-state index is 13.3. The van der Waals surface area contributed by atoms with E-state index in [2.05, 4.69) is 15.6 Å². The molecule has 2 fully saturated rings. The lowest BCUT2D eigenvalue weighted by atomic mass is 9.69. The fourth-order valence-electron chi connectivity index (χ4n) is 5.07. The zero-order valence-electron chi connectivity index (χ0n) is 18.8. The van der Waals surface area contributed by atoms with Crippen LogP contribution >= 0.6 is 11.6 Å². The van der Waals surface area contributed by atoms with Gasteiger partial charge in [-0.3, -0.25) is 29.5 Å². The molecule has 34 heavy (non-hydrogen) atoms. The van der Waals surface area contributed by atoms with Crippen LogP contribution in [0.5, 0.6) is 0 Å². The molecule has 2 aliphatic heterocycles. The first-order chi connectivity index (χ1) is 16.3. The average molecular weight is 481 g/mol. The van der Waals surface area contributed by atoms with Crippen molar-refractivity contribution in [1.82, 2.24) is 20.5 Å². The van der Waals surface area contributed by atoms with Crippen molar-refractivity contribution in [3.8, 4) is 0 Å². The van der Waals surface area contributed by atoms with Crippen molar-refractivity contribution in [3.05, 3.63) is 63.9 Å². The number of nitrogens with zero attached hydrogens (tertiary/aromatic N) is 2. The van der Waals surface area contributed by atoms with E-state index in [4.69, 9.17) is 11.6 Å². The first-order valence-electron chi connectivity index (χ1n) is 11.5. The molecule has 176 valence electrons. The fourth-order valence-corrected chi connectivity index (χ4v) is 5.18. The first-order valence-corrected chi connectivity index (χ1v) is 11.9. The highest BCUT2D eigenvalue weighted by atomic mass is 35.5. The quantitative estimate of drug-likeness (QED) is 0.639. The Kier molecular flexibility index (Phi) is 5.64. The summed E-state index contributed by atoms with van der Waals surface area (Å²) in [7, 11) is 0. The van der Waals surface area contributed by atoms with Crippen LogP contribution in [-0.4, -0.2) is 39.6 Å². The highest BCUT2D eigenvalue weighted by Crippen LogP contribution is 2.42. The summed E-state index contributed by atoms with van der Waals surface area (Å²) < 4.78 is 0. The number of nitrogens with one attached hydrogen (secondary N) is 2. The van der Waals surface area contributed by atoms with Crippen LogP contribution in [0.4, 0.5) is 0 Å². The van der Waals surface area contributed by atoms with Gasteiger partial charge in [-0.05, 0) is 68.0 Å². The standard InChI is InChI=1S/C25H25ClN4O4/c1-25(16-3-2-4-16,20-9-6-17(26)12-27-20)29-22(32)14-5-7-18-15(11-14)13-30(24(18)34)19-8-10-21(31)28-23(19)33/h5-7,9,11-12,16,19H,2-4,8,10,13H2,1H3,(H,29,32)(H,28,31,33)/t19?,25-/m1/s1. The average Bonchev–Trinajstić information content (AvgIpc) is 3.08. The number of fused-ring (bicyclic) bond motifs is 1. The zero-order valence-corrected chi connectivity index (χ0v) is 19.5. The normalized spacial score (nSPS) is 22.0. The highest BCUT2D eigenvalue weighted by molar-refractivity contribution is 6.30. The molecule has 1 saturated heterocycles. The molecule has 0 bridgehead atoms. The summed E-state index contributed by atoms with van der Waals surface area (Å²) in [6.45, 7) is 2.22. The third-order valence-electron chi connectivity index (χ3n) is 7.34. The van der Waals surface area contributed by atoms with Crippen LogP contribution in [-0.2, 0) is 21.7 Å². The van der Waals surface area contributed by atoms with Crippen molar-refractivity contribution in [2.24, 2.45) is 5.92 Å². The number of pyridine rings is 1. The zero-order chi connectivity index (χ0) is 24.0. The molecule has 5 rings (SSSR count). The Morgan fingerprint density at radius 2 is 1.97 bits per heavy atom. The maximum Gasteiger partial charge on any atom is 0.255 e. The van der Waals surface area contributed by atoms with Crippen LogP contribution in [0.25, 0.3) is 0 Å². The van der Waals surface area contributed by atoms with E-state index in [0.29, 0.717) is 28.1 Å². The van der Waals surface area contributed by atoms with Crippen LogP contribution in [0.2, 0.25) is 5.02 Å². The SMILES string of the molecule is C[C@](NC(=O)c1ccc2c(c1)CN(C1CCC(=O)NC1=O)C2=O)(c1ccc(Cl)cn1)C1CCC1. The fraction of sp³-hybridized carbons (Fsp3) is 0.400. The van der Waals surface area contributed by atoms with Gasteiger partial charge in [0, 0.05) is 30.3 Å². The number of imide groups is 1. The van der Waals surface area contributed by atoms with E-state index >= 15 is 0 Å². The number of hydrogen-bond donors (Lipinski definition) is 2. The molecule has 8 nitrogen and oxygen atoms in total. The molecule has 1 aliphatic carbocycles. The molecule has 2 N–H and O–H groups in total. The van der Waals surface area contributed by atoms with Crippen LogP contribution < -0.4 is 10.6 Å². The molecule has 3 aliphatic rings. The molecule has 4 amide bonds. The lowest BCUT2D eigenvalue weighted by molar-refractivity contribution is -0.136. The van der Waals surface area contributed by atoms with E-state index in [-0.39, 0.29) is 36.6 Å². The molecule has 2 atom stereocenters. The Balaban J connectivity index is 1.37. The van der Waals surface area contributed by atoms with Gasteiger partial charge in [0.1, 0.15) is 6.04 Å². The molecule has 1 aromatic heterocycles. The molecule has 3 heterocycles. The smallest absolute Gasteiger partial charge is 0.255 e. The Labute approximate surface area is 202 Å². The second-order valence-electron chi connectivity index (χ2n) is 9.42. The Bertz CT molecular complexity index is 1190. The summed E-state index contributed by atoms with van der Waals surface area (Å²) in [5, 5.41) is 6.03. The lowest BCUT2D eigenvalue weighted by Gasteiger charge is -2.43. The number of amides is 4. The molecule has 1 aromatic carbocycles. The van der Waals surface area contributed by atoms with Crippen LogP contribution in [0.1, 0.15) is 71.0 Å². The number of hydrogen-bond acceptors (Lipinski definition) is 5. The third-order valence-corrected chi connectivity index (χ3v) is 7.56. The van der Waals surface area contributed by atoms with Gasteiger partial charge in [-0.15, -0.1) is 0 Å². The largest absolute Gasteiger partial charge is 0.341 e. The highest BCUT2D eigenvalue weighted by Gasteiger charge is 2.43. The van der Waals surface area contributed by atoms with Crippen LogP contribution in [0.3, 0.4) is 0 Å². The predicted octanol–water partition coefficient (Wildman–Crippen LogP) is 2.94. The number of benzene rings is 1. The van der Waals surface area contributed by atoms with Crippen LogP contribution in [0.15, 0.2) is 36.5 Å². The molecule has 0 radical (unpaired) electrons. The molecule has 0 spiro atoms. The number of carbonyl (C=O) groups is 4. The molecule has 1 unspecified atom stereocenters. The topological polar surface area (TPSA) is 108 Å². The van der Waals surface area contributed by atoms with E-state index < -0.39 is 17.5 Å². The van der Waals surface area contributed by atoms with E-state index in [0.717, 1.165) is 25.0 Å². The second-order valence-corrected chi connectivity index (χ2v) is 9.85. The maximum absolute atomic E-state index is 13.3. The minimum atomic E-state index is -0.687. The predicted molar refractivity (Wildman–Crippen MR) is 124 cm³/mol. The Morgan fingerprint density at radius 1 is 1.18 bits per heavy atom. The van der Waals surface area contributed by atoms with Gasteiger partial charge in [-0.25, -0.2) is 0 Å². The summed E-state index contributed by atoms with van der Waals surface area (Å²) in [5.41, 5.74) is 1.72. The first kappa shape index (κ1) is 22.5. The molecule has 1 saturated carbocycles. The number of rotatable bonds is 5. The van der Waals surface area contributed by atoms with Crippen molar-refractivity contribution in [2.75, 3.05) is 0 Å². The van der Waals surface area contributed by atoms with Crippen molar-refractivity contribution in [1.29, 1.82) is 0 Å². The summed E-state index contributed by atoms with van der Waals surface area (Å²) in [6.07, 6.45) is 5.20. The molecular weight excluding hydrogens is 456 g/mol. The van der Waals surface area contributed by atoms with Gasteiger partial charge < -0.3 is 10.2 Å². The van der Waals surface area contributed by atoms with E-state index in [1.165, 1.54) is 4.90 Å². The number of piperidine rings is 1. The van der Waals surface area contributed by atoms with Gasteiger partial charge in [-0.2, -0.15) is 0 Å². The van der Waals surface area contributed by atoms with Crippen molar-refractivity contribution in [3.63, 3.8) is 0 Å². The summed E-state index contributed by atoms with van der Waals surface area (Å²) >= 11 is 6.02. The van der Waals surface area contributed by atoms with Gasteiger partial charge in [-0.1, -0.05) is 18.0 Å². The van der Waals surface area contributed by atoms with Crippen molar-refractivity contribution < 1.29 is 19.2 Å². The molecule has 2 aromatic rings. The number of aromatic nitrogens is 1. The molecule has 9 heteroatoms. The van der Waals surface area contributed by atoms with Gasteiger partial charge >= 0.3 is 0 Å². The molecular formula is C25H25ClN4O4. The van der Waals surface area contributed by atoms with Crippen LogP contribution in [0, 0.1) is 5.92 Å². The summed E-state index contributed by atoms with van der Waals surface area (Å²) in [5.74, 6) is -1.03. The van der Waals surface area contributed by atoms with Gasteiger partial charge in [0.25, 0.3) is 11.8 Å². The minimum absolute atomic E-state index is 0.197. The van der Waals surface area contributed by atoms with E-state index in [1.807, 2.05) is 13.0 Å². The monoisotopic (exact) mass is 480 g/mol. The Morgan fingerprint density at radius 3 is 2.62 bits per heavy atom. The van der Waals surface area contributed by atoms with Gasteiger partial charge in [0.05, 0.1) is 16.3 Å². The van der Waals surface area contributed by atoms with Gasteiger partial charge in [0.2, 0.25) is 11.8 Å².